The van der Waals surface area contributed by atoms with Gasteiger partial charge in [-0.2, -0.15) is 0 Å². The zero-order valence-corrected chi connectivity index (χ0v) is 46.1. The number of hydrogen-bond acceptors (Lipinski definition) is 5. The molecule has 2 unspecified atom stereocenters. The molecule has 1 amide bonds. The predicted molar refractivity (Wildman–Crippen MR) is 297 cm³/mol. The fourth-order valence-electron chi connectivity index (χ4n) is 9.81. The van der Waals surface area contributed by atoms with Gasteiger partial charge in [-0.25, -0.2) is 0 Å². The van der Waals surface area contributed by atoms with Crippen LogP contribution in [-0.4, -0.2) is 47.4 Å². The number of esters is 1. The van der Waals surface area contributed by atoms with Gasteiger partial charge in [0.2, 0.25) is 5.91 Å². The second-order valence-electron chi connectivity index (χ2n) is 21.4. The number of aliphatic hydroxyl groups is 2. The van der Waals surface area contributed by atoms with Crippen LogP contribution in [0.15, 0.2) is 12.2 Å². The zero-order chi connectivity index (χ0) is 49.3. The van der Waals surface area contributed by atoms with E-state index >= 15 is 0 Å². The van der Waals surface area contributed by atoms with E-state index in [1.54, 1.807) is 0 Å². The zero-order valence-electron chi connectivity index (χ0n) is 46.1. The number of rotatable bonds is 58. The number of allylic oxidation sites excluding steroid dienone is 2. The highest BCUT2D eigenvalue weighted by molar-refractivity contribution is 5.76. The first-order valence-corrected chi connectivity index (χ1v) is 30.9. The van der Waals surface area contributed by atoms with E-state index in [-0.39, 0.29) is 18.5 Å². The first kappa shape index (κ1) is 66.6. The van der Waals surface area contributed by atoms with Crippen molar-refractivity contribution in [3.8, 4) is 0 Å². The van der Waals surface area contributed by atoms with Gasteiger partial charge in [0, 0.05) is 12.8 Å². The molecule has 0 aliphatic heterocycles. The van der Waals surface area contributed by atoms with Crippen LogP contribution in [0.4, 0.5) is 0 Å². The lowest BCUT2D eigenvalue weighted by atomic mass is 10.0. The number of aliphatic hydroxyl groups excluding tert-OH is 2. The van der Waals surface area contributed by atoms with Gasteiger partial charge in [-0.1, -0.05) is 296 Å². The van der Waals surface area contributed by atoms with E-state index in [0.29, 0.717) is 25.9 Å². The average molecular weight is 961 g/mol. The highest BCUT2D eigenvalue weighted by atomic mass is 16.5. The Hall–Kier alpha value is -1.40. The molecule has 404 valence electrons. The molecule has 0 spiro atoms. The molecule has 0 aromatic carbocycles. The Bertz CT molecular complexity index is 1020. The highest BCUT2D eigenvalue weighted by Gasteiger charge is 2.20. The van der Waals surface area contributed by atoms with Gasteiger partial charge in [0.05, 0.1) is 25.4 Å². The minimum atomic E-state index is -0.667. The second kappa shape index (κ2) is 58.2. The largest absolute Gasteiger partial charge is 0.466 e. The van der Waals surface area contributed by atoms with Crippen LogP contribution >= 0.6 is 0 Å². The quantitative estimate of drug-likeness (QED) is 0.0321. The normalized spacial score (nSPS) is 12.6. The molecule has 3 N–H and O–H groups in total. The third-order valence-corrected chi connectivity index (χ3v) is 14.6. The van der Waals surface area contributed by atoms with Crippen molar-refractivity contribution in [1.29, 1.82) is 0 Å². The summed E-state index contributed by atoms with van der Waals surface area (Å²) in [7, 11) is 0. The van der Waals surface area contributed by atoms with Gasteiger partial charge < -0.3 is 20.3 Å². The van der Waals surface area contributed by atoms with Crippen molar-refractivity contribution in [2.24, 2.45) is 0 Å². The Kier molecular flexibility index (Phi) is 57.0. The summed E-state index contributed by atoms with van der Waals surface area (Å²) in [6, 6.07) is -0.545. The van der Waals surface area contributed by atoms with Crippen molar-refractivity contribution in [2.45, 2.75) is 360 Å². The summed E-state index contributed by atoms with van der Waals surface area (Å²) >= 11 is 0. The van der Waals surface area contributed by atoms with Gasteiger partial charge in [0.25, 0.3) is 0 Å². The number of hydrogen-bond donors (Lipinski definition) is 3. The molecule has 2 atom stereocenters. The van der Waals surface area contributed by atoms with E-state index in [4.69, 9.17) is 4.74 Å². The summed E-state index contributed by atoms with van der Waals surface area (Å²) in [6.07, 6.45) is 69.4. The third-order valence-electron chi connectivity index (χ3n) is 14.6. The van der Waals surface area contributed by atoms with Gasteiger partial charge in [-0.15, -0.1) is 0 Å². The standard InChI is InChI=1S/C62H121NO5/c1-3-5-7-9-11-13-15-17-18-19-26-29-32-36-40-44-48-52-56-62(67)68-57-53-49-45-41-37-33-30-27-24-22-20-21-23-25-28-31-35-39-43-47-51-55-61(66)63-59(58-64)60(65)54-50-46-42-38-34-16-14-12-10-8-6-4-2/h21,23,59-60,64-65H,3-20,22,24-58H2,1-2H3,(H,63,66)/b23-21-. The summed E-state index contributed by atoms with van der Waals surface area (Å²) < 4.78 is 5.50. The summed E-state index contributed by atoms with van der Waals surface area (Å²) in [5.41, 5.74) is 0. The molecule has 0 radical (unpaired) electrons. The van der Waals surface area contributed by atoms with Crippen molar-refractivity contribution in [3.63, 3.8) is 0 Å². The van der Waals surface area contributed by atoms with Crippen molar-refractivity contribution in [2.75, 3.05) is 13.2 Å². The van der Waals surface area contributed by atoms with E-state index in [1.165, 1.54) is 276 Å². The first-order valence-electron chi connectivity index (χ1n) is 30.9. The maximum Gasteiger partial charge on any atom is 0.305 e. The predicted octanol–water partition coefficient (Wildman–Crippen LogP) is 19.2. The van der Waals surface area contributed by atoms with E-state index in [9.17, 15) is 19.8 Å². The highest BCUT2D eigenvalue weighted by Crippen LogP contribution is 2.18. The number of nitrogens with one attached hydrogen (secondary N) is 1. The molecule has 0 aliphatic carbocycles. The van der Waals surface area contributed by atoms with Crippen LogP contribution in [0.5, 0.6) is 0 Å². The third kappa shape index (κ3) is 53.9. The fourth-order valence-corrected chi connectivity index (χ4v) is 9.81. The molecule has 6 nitrogen and oxygen atoms in total. The minimum absolute atomic E-state index is 0.0132. The van der Waals surface area contributed by atoms with E-state index in [0.717, 1.165) is 38.5 Å². The molecular formula is C62H121NO5. The van der Waals surface area contributed by atoms with Crippen LogP contribution in [0.3, 0.4) is 0 Å². The molecule has 0 bridgehead atoms. The minimum Gasteiger partial charge on any atom is -0.466 e. The number of ether oxygens (including phenoxy) is 1. The Morgan fingerprint density at radius 3 is 1.04 bits per heavy atom. The van der Waals surface area contributed by atoms with Crippen LogP contribution in [0, 0.1) is 0 Å². The molecule has 68 heavy (non-hydrogen) atoms. The van der Waals surface area contributed by atoms with Crippen LogP contribution in [0.25, 0.3) is 0 Å². The Labute approximate surface area is 425 Å². The van der Waals surface area contributed by atoms with E-state index < -0.39 is 12.1 Å². The van der Waals surface area contributed by atoms with E-state index in [1.807, 2.05) is 0 Å². The van der Waals surface area contributed by atoms with Gasteiger partial charge >= 0.3 is 5.97 Å². The van der Waals surface area contributed by atoms with Gasteiger partial charge in [-0.3, -0.25) is 9.59 Å². The lowest BCUT2D eigenvalue weighted by Gasteiger charge is -2.22. The van der Waals surface area contributed by atoms with Crippen LogP contribution in [-0.2, 0) is 14.3 Å². The molecule has 6 heteroatoms. The molecule has 0 saturated heterocycles. The van der Waals surface area contributed by atoms with Gasteiger partial charge in [0.1, 0.15) is 0 Å². The topological polar surface area (TPSA) is 95.9 Å². The number of amides is 1. The number of carbonyl (C=O) groups excluding carboxylic acids is 2. The maximum absolute atomic E-state index is 12.5. The Morgan fingerprint density at radius 1 is 0.397 bits per heavy atom. The van der Waals surface area contributed by atoms with Crippen LogP contribution in [0.2, 0.25) is 0 Å². The summed E-state index contributed by atoms with van der Waals surface area (Å²) in [5.74, 6) is -0.0285. The lowest BCUT2D eigenvalue weighted by molar-refractivity contribution is -0.143. The van der Waals surface area contributed by atoms with Crippen molar-refractivity contribution in [3.05, 3.63) is 12.2 Å². The monoisotopic (exact) mass is 960 g/mol. The lowest BCUT2D eigenvalue weighted by Crippen LogP contribution is -2.45. The van der Waals surface area contributed by atoms with E-state index in [2.05, 4.69) is 31.3 Å². The van der Waals surface area contributed by atoms with Crippen molar-refractivity contribution < 1.29 is 24.5 Å². The fraction of sp³-hybridized carbons (Fsp3) is 0.935. The molecule has 0 fully saturated rings. The molecule has 0 heterocycles. The van der Waals surface area contributed by atoms with Gasteiger partial charge in [0.15, 0.2) is 0 Å². The molecule has 0 aromatic rings. The molecule has 0 saturated carbocycles. The Balaban J connectivity index is 3.38. The second-order valence-corrected chi connectivity index (χ2v) is 21.4. The summed E-state index contributed by atoms with van der Waals surface area (Å²) in [5, 5.41) is 23.2. The number of unbranched alkanes of at least 4 members (excludes halogenated alkanes) is 45. The smallest absolute Gasteiger partial charge is 0.305 e. The van der Waals surface area contributed by atoms with Crippen molar-refractivity contribution in [1.82, 2.24) is 5.32 Å². The molecule has 0 aromatic heterocycles. The molecule has 0 rings (SSSR count). The molecular weight excluding hydrogens is 839 g/mol. The van der Waals surface area contributed by atoms with Crippen LogP contribution < -0.4 is 5.32 Å². The summed E-state index contributed by atoms with van der Waals surface area (Å²) in [4.78, 5) is 24.5. The molecule has 0 aliphatic rings. The summed E-state index contributed by atoms with van der Waals surface area (Å²) in [6.45, 7) is 4.97. The average Bonchev–Trinajstić information content (AvgIpc) is 3.34. The first-order chi connectivity index (χ1) is 33.5. The van der Waals surface area contributed by atoms with Gasteiger partial charge in [-0.05, 0) is 51.4 Å². The maximum atomic E-state index is 12.5. The SMILES string of the molecule is CCCCCCCCCCCCCCCCCCCCC(=O)OCCCCCCCCCCCC/C=C\CCCCCCCCCC(=O)NC(CO)C(O)CCCCCCCCCCCCCC. The Morgan fingerprint density at radius 2 is 0.691 bits per heavy atom. The number of carbonyl (C=O) groups is 2. The van der Waals surface area contributed by atoms with Crippen molar-refractivity contribution >= 4 is 11.9 Å². The van der Waals surface area contributed by atoms with Crippen LogP contribution in [0.1, 0.15) is 348 Å².